The van der Waals surface area contributed by atoms with Gasteiger partial charge in [0.15, 0.2) is 0 Å². The van der Waals surface area contributed by atoms with E-state index in [4.69, 9.17) is 15.9 Å². The first-order valence-corrected chi connectivity index (χ1v) is 19.1. The third kappa shape index (κ3) is 13.2. The average molecular weight is 823 g/mol. The summed E-state index contributed by atoms with van der Waals surface area (Å²) < 4.78 is 0. The number of nitrogens with zero attached hydrogens (tertiary/aromatic N) is 2. The third-order valence-corrected chi connectivity index (χ3v) is 9.91. The molecule has 0 saturated carbocycles. The quantitative estimate of drug-likeness (QED) is 0.0725. The zero-order valence-electron chi connectivity index (χ0n) is 32.4. The molecule has 20 heteroatoms. The van der Waals surface area contributed by atoms with Crippen molar-refractivity contribution in [1.29, 1.82) is 0 Å². The van der Waals surface area contributed by atoms with Crippen molar-refractivity contribution in [1.82, 2.24) is 36.4 Å². The van der Waals surface area contributed by atoms with Crippen LogP contribution in [0.4, 0.5) is 0 Å². The fourth-order valence-corrected chi connectivity index (χ4v) is 6.84. The molecule has 2 aliphatic rings. The van der Waals surface area contributed by atoms with Gasteiger partial charge in [0, 0.05) is 19.5 Å². The summed E-state index contributed by atoms with van der Waals surface area (Å²) >= 11 is 0. The van der Waals surface area contributed by atoms with Crippen LogP contribution in [0.5, 0.6) is 5.75 Å². The van der Waals surface area contributed by atoms with Crippen molar-refractivity contribution in [2.45, 2.75) is 88.1 Å². The van der Waals surface area contributed by atoms with Crippen molar-refractivity contribution < 1.29 is 58.5 Å². The number of carbonyl (C=O) groups is 9. The number of phenolic OH excluding ortho intramolecular Hbond substituents is 1. The molecule has 6 atom stereocenters. The molecular weight excluding hydrogens is 772 g/mol. The Morgan fingerprint density at radius 2 is 1.27 bits per heavy atom. The first-order valence-electron chi connectivity index (χ1n) is 19.1. The lowest BCUT2D eigenvalue weighted by Gasteiger charge is -2.31. The fourth-order valence-electron chi connectivity index (χ4n) is 6.84. The maximum absolute atomic E-state index is 14.2. The highest BCUT2D eigenvalue weighted by atomic mass is 16.4. The Morgan fingerprint density at radius 3 is 1.88 bits per heavy atom. The molecular formula is C39H50N8O12. The zero-order valence-corrected chi connectivity index (χ0v) is 32.4. The molecule has 7 amide bonds. The number of phenols is 1. The number of rotatable bonds is 19. The maximum Gasteiger partial charge on any atom is 0.325 e. The number of hydrogen-bond donors (Lipinski definition) is 9. The van der Waals surface area contributed by atoms with E-state index in [9.17, 15) is 48.3 Å². The molecule has 2 fully saturated rings. The molecule has 2 aliphatic heterocycles. The number of amides is 7. The van der Waals surface area contributed by atoms with E-state index in [-0.39, 0.29) is 31.6 Å². The van der Waals surface area contributed by atoms with Crippen molar-refractivity contribution in [3.05, 3.63) is 65.7 Å². The van der Waals surface area contributed by atoms with Crippen LogP contribution in [0.3, 0.4) is 0 Å². The number of likely N-dealkylation sites (tertiary alicyclic amines) is 2. The van der Waals surface area contributed by atoms with Gasteiger partial charge in [0.05, 0.1) is 25.6 Å². The van der Waals surface area contributed by atoms with Crippen LogP contribution in [0.25, 0.3) is 0 Å². The van der Waals surface area contributed by atoms with Crippen molar-refractivity contribution in [3.8, 4) is 5.75 Å². The summed E-state index contributed by atoms with van der Waals surface area (Å²) in [5.74, 6) is -7.95. The van der Waals surface area contributed by atoms with Gasteiger partial charge in [-0.15, -0.1) is 0 Å². The van der Waals surface area contributed by atoms with Crippen LogP contribution in [-0.4, -0.2) is 141 Å². The van der Waals surface area contributed by atoms with Gasteiger partial charge in [-0.3, -0.25) is 43.2 Å². The number of carboxylic acid groups (broad SMARTS) is 2. The van der Waals surface area contributed by atoms with Gasteiger partial charge in [-0.2, -0.15) is 0 Å². The molecule has 0 bridgehead atoms. The topological polar surface area (TPSA) is 307 Å². The Balaban J connectivity index is 1.36. The monoisotopic (exact) mass is 822 g/mol. The van der Waals surface area contributed by atoms with Crippen LogP contribution < -0.4 is 32.3 Å². The summed E-state index contributed by atoms with van der Waals surface area (Å²) in [6.07, 6.45) is 0.943. The highest BCUT2D eigenvalue weighted by Gasteiger charge is 2.41. The number of aromatic hydroxyl groups is 1. The predicted octanol–water partition coefficient (Wildman–Crippen LogP) is -2.25. The van der Waals surface area contributed by atoms with Gasteiger partial charge < -0.3 is 57.4 Å². The summed E-state index contributed by atoms with van der Waals surface area (Å²) in [5.41, 5.74) is 7.74. The lowest BCUT2D eigenvalue weighted by atomic mass is 10.0. The number of aliphatic carboxylic acids is 2. The van der Waals surface area contributed by atoms with Gasteiger partial charge in [-0.05, 0) is 62.3 Å². The molecule has 2 aromatic rings. The summed E-state index contributed by atoms with van der Waals surface area (Å²) in [6, 6.07) is 8.25. The Morgan fingerprint density at radius 1 is 0.695 bits per heavy atom. The highest BCUT2D eigenvalue weighted by molar-refractivity contribution is 5.97. The minimum Gasteiger partial charge on any atom is -0.508 e. The van der Waals surface area contributed by atoms with E-state index in [0.717, 1.165) is 12.5 Å². The third-order valence-electron chi connectivity index (χ3n) is 9.91. The van der Waals surface area contributed by atoms with Crippen LogP contribution in [0.15, 0.2) is 54.6 Å². The maximum atomic E-state index is 14.2. The first kappa shape index (κ1) is 45.1. The van der Waals surface area contributed by atoms with E-state index in [1.54, 1.807) is 12.1 Å². The lowest BCUT2D eigenvalue weighted by Crippen LogP contribution is -2.58. The number of benzene rings is 2. The van der Waals surface area contributed by atoms with Crippen LogP contribution in [0.2, 0.25) is 0 Å². The fraction of sp³-hybridized carbons (Fsp3) is 0.462. The summed E-state index contributed by atoms with van der Waals surface area (Å²) in [6.45, 7) is 0.264. The second kappa shape index (κ2) is 21.3. The molecule has 0 aliphatic carbocycles. The number of carboxylic acids is 2. The number of nitrogens with two attached hydrogens (primary N) is 1. The largest absolute Gasteiger partial charge is 0.508 e. The van der Waals surface area contributed by atoms with Crippen LogP contribution in [0, 0.1) is 0 Å². The lowest BCUT2D eigenvalue weighted by molar-refractivity contribution is -0.143. The summed E-state index contributed by atoms with van der Waals surface area (Å²) in [5, 5.41) is 39.6. The van der Waals surface area contributed by atoms with Gasteiger partial charge in [0.25, 0.3) is 0 Å². The second-order valence-electron chi connectivity index (χ2n) is 14.4. The van der Waals surface area contributed by atoms with Gasteiger partial charge in [-0.1, -0.05) is 42.5 Å². The molecule has 4 rings (SSSR count). The van der Waals surface area contributed by atoms with Crippen molar-refractivity contribution in [3.63, 3.8) is 0 Å². The second-order valence-corrected chi connectivity index (χ2v) is 14.4. The molecule has 0 aromatic heterocycles. The molecule has 59 heavy (non-hydrogen) atoms. The van der Waals surface area contributed by atoms with Crippen molar-refractivity contribution in [2.75, 3.05) is 26.2 Å². The van der Waals surface area contributed by atoms with Gasteiger partial charge >= 0.3 is 11.9 Å². The number of nitrogens with one attached hydrogen (secondary N) is 5. The molecule has 0 spiro atoms. The molecule has 2 saturated heterocycles. The minimum atomic E-state index is -1.64. The SMILES string of the molecule is C[C@H](NC(=O)[C@H](CC(=O)O)NC(=O)CNC(=O)CNC(=O)[C@@H]1CCCN1C(=O)[C@H](Cc1ccc(O)cc1)NC(=O)[C@@H]1CCCN1C(=O)[C@@H](N)Cc1ccccc1)C(=O)O. The molecule has 0 unspecified atom stereocenters. The molecule has 318 valence electrons. The predicted molar refractivity (Wildman–Crippen MR) is 207 cm³/mol. The smallest absolute Gasteiger partial charge is 0.325 e. The molecule has 10 N–H and O–H groups in total. The Bertz CT molecular complexity index is 1880. The molecule has 20 nitrogen and oxygen atoms in total. The van der Waals surface area contributed by atoms with Crippen LogP contribution in [-0.2, 0) is 56.0 Å². The Hall–Kier alpha value is -6.57. The van der Waals surface area contributed by atoms with Gasteiger partial charge in [0.1, 0.15) is 36.0 Å². The van der Waals surface area contributed by atoms with Crippen LogP contribution in [0.1, 0.15) is 50.2 Å². The highest BCUT2D eigenvalue weighted by Crippen LogP contribution is 2.23. The van der Waals surface area contributed by atoms with E-state index in [1.807, 2.05) is 30.3 Å². The van der Waals surface area contributed by atoms with Gasteiger partial charge in [-0.25, -0.2) is 0 Å². The standard InChI is InChI=1S/C39H50N8O12/c1-22(39(58)59)43-34(53)27(19-33(51)52)44-32(50)21-41-31(49)20-42-35(54)29-9-5-16-47(29)38(57)28(18-24-11-13-25(48)14-12-24)45-36(55)30-10-6-15-46(30)37(56)26(40)17-23-7-3-2-4-8-23/h2-4,7-8,11-14,22,26-30,48H,5-6,9-10,15-21,40H2,1H3,(H,41,49)(H,42,54)(H,43,53)(H,44,50)(H,45,55)(H,51,52)(H,58,59)/t22-,26-,27-,28-,29-,30-/m0/s1. The van der Waals surface area contributed by atoms with Crippen LogP contribution >= 0.6 is 0 Å². The normalized spacial score (nSPS) is 18.1. The summed E-state index contributed by atoms with van der Waals surface area (Å²) in [7, 11) is 0. The Kier molecular flexibility index (Phi) is 16.3. The van der Waals surface area contributed by atoms with Gasteiger partial charge in [0.2, 0.25) is 41.4 Å². The van der Waals surface area contributed by atoms with Crippen molar-refractivity contribution >= 4 is 53.3 Å². The number of hydrogen-bond acceptors (Lipinski definition) is 11. The van der Waals surface area contributed by atoms with E-state index >= 15 is 0 Å². The van der Waals surface area contributed by atoms with E-state index in [1.165, 1.54) is 21.9 Å². The zero-order chi connectivity index (χ0) is 43.2. The minimum absolute atomic E-state index is 0.00835. The molecule has 2 heterocycles. The summed E-state index contributed by atoms with van der Waals surface area (Å²) in [4.78, 5) is 117. The molecule has 0 radical (unpaired) electrons. The Labute approximate surface area is 339 Å². The first-order chi connectivity index (χ1) is 28.0. The van der Waals surface area contributed by atoms with E-state index < -0.39 is 109 Å². The van der Waals surface area contributed by atoms with Crippen molar-refractivity contribution in [2.24, 2.45) is 5.73 Å². The molecule has 2 aromatic carbocycles. The van der Waals surface area contributed by atoms with E-state index in [2.05, 4.69) is 26.6 Å². The van der Waals surface area contributed by atoms with E-state index in [0.29, 0.717) is 31.4 Å². The number of carbonyl (C=O) groups excluding carboxylic acids is 7. The average Bonchev–Trinajstić information content (AvgIpc) is 3.90.